The lowest BCUT2D eigenvalue weighted by Gasteiger charge is -2.36. The van der Waals surface area contributed by atoms with Crippen molar-refractivity contribution < 1.29 is 14.3 Å². The van der Waals surface area contributed by atoms with E-state index in [1.165, 1.54) is 12.7 Å². The van der Waals surface area contributed by atoms with Gasteiger partial charge in [0.2, 0.25) is 5.60 Å². The third-order valence-electron chi connectivity index (χ3n) is 6.09. The molecule has 1 aliphatic rings. The number of nitrogens with two attached hydrogens (primary N) is 1. The minimum absolute atomic E-state index is 0.0463. The molecule has 0 aromatic heterocycles. The lowest BCUT2D eigenvalue weighted by molar-refractivity contribution is -0.155. The van der Waals surface area contributed by atoms with Crippen molar-refractivity contribution in [3.63, 3.8) is 0 Å². The molecular formula is C28H28ClNO3. The second-order valence-electron chi connectivity index (χ2n) is 9.40. The van der Waals surface area contributed by atoms with Crippen LogP contribution >= 0.6 is 11.6 Å². The number of anilines is 1. The van der Waals surface area contributed by atoms with E-state index >= 15 is 0 Å². The maximum Gasteiger partial charge on any atom is 0.359 e. The molecule has 0 aliphatic carbocycles. The normalized spacial score (nSPS) is 17.6. The molecule has 0 fully saturated rings. The average molecular weight is 462 g/mol. The predicted molar refractivity (Wildman–Crippen MR) is 134 cm³/mol. The van der Waals surface area contributed by atoms with Crippen molar-refractivity contribution in [1.29, 1.82) is 0 Å². The zero-order chi connectivity index (χ0) is 24.0. The number of benzene rings is 3. The maximum atomic E-state index is 13.3. The fourth-order valence-electron chi connectivity index (χ4n) is 4.12. The number of aryl methyl sites for hydroxylation is 1. The van der Waals surface area contributed by atoms with Gasteiger partial charge < -0.3 is 15.2 Å². The summed E-state index contributed by atoms with van der Waals surface area (Å²) in [4.78, 5) is 13.3. The molecule has 3 aromatic carbocycles. The van der Waals surface area contributed by atoms with Crippen molar-refractivity contribution in [1.82, 2.24) is 0 Å². The summed E-state index contributed by atoms with van der Waals surface area (Å²) in [6.45, 7) is 8.36. The molecule has 0 spiro atoms. The standard InChI is InChI=1S/C28H28ClNO3/c1-17-13-20(15-23(29)25(17)30)28(26(31)32-5)16-22(18-9-7-6-8-10-18)21-14-19(27(2,3)4)11-12-24(21)33-28/h6-16H,30H2,1-5H3. The number of methoxy groups -OCH3 is 1. The van der Waals surface area contributed by atoms with Crippen LogP contribution in [0.2, 0.25) is 5.02 Å². The lowest BCUT2D eigenvalue weighted by Crippen LogP contribution is -2.43. The molecule has 3 aromatic rings. The van der Waals surface area contributed by atoms with Gasteiger partial charge in [0, 0.05) is 11.1 Å². The van der Waals surface area contributed by atoms with Crippen molar-refractivity contribution in [2.45, 2.75) is 38.7 Å². The number of carbonyl (C=O) groups excluding carboxylic acids is 1. The summed E-state index contributed by atoms with van der Waals surface area (Å²) in [6.07, 6.45) is 1.84. The van der Waals surface area contributed by atoms with Gasteiger partial charge in [-0.05, 0) is 64.9 Å². The molecule has 5 heteroatoms. The van der Waals surface area contributed by atoms with Gasteiger partial charge in [0.05, 0.1) is 17.8 Å². The molecule has 2 N–H and O–H groups in total. The Kier molecular flexibility index (Phi) is 5.75. The number of esters is 1. The summed E-state index contributed by atoms with van der Waals surface area (Å²) in [6, 6.07) is 19.6. The quantitative estimate of drug-likeness (QED) is 0.361. The van der Waals surface area contributed by atoms with Crippen LogP contribution in [0, 0.1) is 6.92 Å². The summed E-state index contributed by atoms with van der Waals surface area (Å²) in [5, 5.41) is 0.361. The molecule has 0 radical (unpaired) electrons. The molecule has 1 heterocycles. The number of hydrogen-bond acceptors (Lipinski definition) is 4. The van der Waals surface area contributed by atoms with E-state index in [9.17, 15) is 4.79 Å². The average Bonchev–Trinajstić information content (AvgIpc) is 2.80. The number of carbonyl (C=O) groups is 1. The SMILES string of the molecule is COC(=O)C1(c2cc(C)c(N)c(Cl)c2)C=C(c2ccccc2)c2cc(C(C)(C)C)ccc2O1. The molecule has 33 heavy (non-hydrogen) atoms. The summed E-state index contributed by atoms with van der Waals surface area (Å²) >= 11 is 6.42. The van der Waals surface area contributed by atoms with E-state index in [1.54, 1.807) is 6.07 Å². The largest absolute Gasteiger partial charge is 0.466 e. The van der Waals surface area contributed by atoms with Gasteiger partial charge in [0.25, 0.3) is 0 Å². The number of hydrogen-bond donors (Lipinski definition) is 1. The molecule has 1 unspecified atom stereocenters. The van der Waals surface area contributed by atoms with Crippen LogP contribution < -0.4 is 10.5 Å². The molecule has 0 saturated heterocycles. The first-order chi connectivity index (χ1) is 15.6. The summed E-state index contributed by atoms with van der Waals surface area (Å²) in [5.41, 5.74) is 10.3. The molecule has 0 bridgehead atoms. The van der Waals surface area contributed by atoms with Gasteiger partial charge in [-0.2, -0.15) is 0 Å². The summed E-state index contributed by atoms with van der Waals surface area (Å²) in [7, 11) is 1.35. The Morgan fingerprint density at radius 2 is 1.76 bits per heavy atom. The summed E-state index contributed by atoms with van der Waals surface area (Å²) < 4.78 is 11.7. The van der Waals surface area contributed by atoms with Gasteiger partial charge >= 0.3 is 5.97 Å². The predicted octanol–water partition coefficient (Wildman–Crippen LogP) is 6.42. The van der Waals surface area contributed by atoms with Crippen LogP contribution in [-0.2, 0) is 20.5 Å². The molecule has 0 saturated carbocycles. The Bertz CT molecular complexity index is 1230. The number of ether oxygens (including phenoxy) is 2. The molecular weight excluding hydrogens is 434 g/mol. The van der Waals surface area contributed by atoms with E-state index in [4.69, 9.17) is 26.8 Å². The van der Waals surface area contributed by atoms with Gasteiger partial charge in [0.1, 0.15) is 5.75 Å². The maximum absolute atomic E-state index is 13.3. The second kappa shape index (κ2) is 8.27. The highest BCUT2D eigenvalue weighted by molar-refractivity contribution is 6.33. The van der Waals surface area contributed by atoms with Crippen LogP contribution in [-0.4, -0.2) is 13.1 Å². The molecule has 1 aliphatic heterocycles. The highest BCUT2D eigenvalue weighted by atomic mass is 35.5. The van der Waals surface area contributed by atoms with Gasteiger partial charge in [-0.25, -0.2) is 4.79 Å². The highest BCUT2D eigenvalue weighted by Gasteiger charge is 2.46. The molecule has 1 atom stereocenters. The summed E-state index contributed by atoms with van der Waals surface area (Å²) in [5.74, 6) is 0.0575. The first-order valence-corrected chi connectivity index (χ1v) is 11.2. The molecule has 4 nitrogen and oxygen atoms in total. The zero-order valence-corrected chi connectivity index (χ0v) is 20.3. The fraction of sp³-hybridized carbons (Fsp3) is 0.250. The minimum Gasteiger partial charge on any atom is -0.466 e. The fourth-order valence-corrected chi connectivity index (χ4v) is 4.39. The van der Waals surface area contributed by atoms with E-state index in [0.717, 1.165) is 22.3 Å². The highest BCUT2D eigenvalue weighted by Crippen LogP contribution is 2.46. The van der Waals surface area contributed by atoms with Gasteiger partial charge in [-0.3, -0.25) is 0 Å². The van der Waals surface area contributed by atoms with Crippen molar-refractivity contribution in [3.05, 3.63) is 99.6 Å². The number of halogens is 1. The zero-order valence-electron chi connectivity index (χ0n) is 19.5. The third kappa shape index (κ3) is 4.00. The van der Waals surface area contributed by atoms with E-state index in [2.05, 4.69) is 26.8 Å². The van der Waals surface area contributed by atoms with E-state index < -0.39 is 11.6 Å². The minimum atomic E-state index is -1.52. The Morgan fingerprint density at radius 3 is 2.36 bits per heavy atom. The van der Waals surface area contributed by atoms with Crippen molar-refractivity contribution in [2.24, 2.45) is 0 Å². The Morgan fingerprint density at radius 1 is 1.06 bits per heavy atom. The van der Waals surface area contributed by atoms with Gasteiger partial charge in [-0.15, -0.1) is 0 Å². The number of rotatable bonds is 3. The van der Waals surface area contributed by atoms with E-state index in [1.807, 2.05) is 61.5 Å². The smallest absolute Gasteiger partial charge is 0.359 e. The lowest BCUT2D eigenvalue weighted by atomic mass is 9.80. The Hall–Kier alpha value is -3.24. The van der Waals surface area contributed by atoms with Crippen molar-refractivity contribution in [2.75, 3.05) is 12.8 Å². The van der Waals surface area contributed by atoms with Crippen molar-refractivity contribution in [3.8, 4) is 5.75 Å². The van der Waals surface area contributed by atoms with E-state index in [0.29, 0.717) is 22.0 Å². The second-order valence-corrected chi connectivity index (χ2v) is 9.81. The van der Waals surface area contributed by atoms with Gasteiger partial charge in [-0.1, -0.05) is 68.8 Å². The van der Waals surface area contributed by atoms with Crippen LogP contribution in [0.4, 0.5) is 5.69 Å². The first-order valence-electron chi connectivity index (χ1n) is 10.8. The van der Waals surface area contributed by atoms with Crippen LogP contribution in [0.1, 0.15) is 48.6 Å². The van der Waals surface area contributed by atoms with Gasteiger partial charge in [0.15, 0.2) is 0 Å². The third-order valence-corrected chi connectivity index (χ3v) is 6.41. The first kappa shape index (κ1) is 22.9. The Labute approximate surface area is 200 Å². The molecule has 4 rings (SSSR count). The molecule has 170 valence electrons. The number of nitrogen functional groups attached to an aromatic ring is 1. The van der Waals surface area contributed by atoms with Crippen LogP contribution in [0.25, 0.3) is 5.57 Å². The Balaban J connectivity index is 2.04. The van der Waals surface area contributed by atoms with Crippen LogP contribution in [0.5, 0.6) is 5.75 Å². The van der Waals surface area contributed by atoms with E-state index in [-0.39, 0.29) is 5.41 Å². The van der Waals surface area contributed by atoms with Crippen LogP contribution in [0.15, 0.2) is 66.7 Å². The van der Waals surface area contributed by atoms with Crippen LogP contribution in [0.3, 0.4) is 0 Å². The topological polar surface area (TPSA) is 61.5 Å². The molecule has 0 amide bonds. The number of fused-ring (bicyclic) bond motifs is 1. The van der Waals surface area contributed by atoms with Crippen molar-refractivity contribution >= 4 is 28.8 Å². The monoisotopic (exact) mass is 461 g/mol.